The van der Waals surface area contributed by atoms with Gasteiger partial charge in [-0.05, 0) is 12.1 Å². The molecule has 0 unspecified atom stereocenters. The third-order valence-corrected chi connectivity index (χ3v) is 3.96. The molecule has 0 aliphatic heterocycles. The summed E-state index contributed by atoms with van der Waals surface area (Å²) in [7, 11) is -3.77. The fraction of sp³-hybridized carbons (Fsp3) is 0.0909. The highest BCUT2D eigenvalue weighted by Gasteiger charge is 2.20. The van der Waals surface area contributed by atoms with Crippen LogP contribution >= 0.6 is 0 Å². The molecule has 0 spiro atoms. The lowest BCUT2D eigenvalue weighted by Crippen LogP contribution is -2.25. The Hall–Kier alpha value is -2.39. The molecule has 0 amide bonds. The van der Waals surface area contributed by atoms with Gasteiger partial charge in [-0.3, -0.25) is 4.98 Å². The molecule has 0 aliphatic carbocycles. The first-order valence-corrected chi connectivity index (χ1v) is 7.19. The van der Waals surface area contributed by atoms with Gasteiger partial charge in [0, 0.05) is 6.20 Å². The van der Waals surface area contributed by atoms with Crippen LogP contribution in [-0.2, 0) is 16.6 Å². The molecule has 3 aromatic rings. The Labute approximate surface area is 114 Å². The van der Waals surface area contributed by atoms with Gasteiger partial charge in [-0.15, -0.1) is 0 Å². The van der Waals surface area contributed by atoms with Gasteiger partial charge in [-0.25, -0.2) is 28.1 Å². The zero-order chi connectivity index (χ0) is 14.0. The van der Waals surface area contributed by atoms with Crippen LogP contribution in [0.15, 0.2) is 42.1 Å². The maximum Gasteiger partial charge on any atom is 0.260 e. The maximum atomic E-state index is 12.2. The summed E-state index contributed by atoms with van der Waals surface area (Å²) in [6.07, 6.45) is 4.14. The normalized spacial score (nSPS) is 11.8. The standard InChI is InChI=1S/C11H10N6O2S/c18-20(19,17-5-8-3-1-2-4-12-8)11-9-10(14-6-13-9)15-7-16-11/h1-4,6-7,17H,5H2,(H,13,14,15,16). The summed E-state index contributed by atoms with van der Waals surface area (Å²) in [6.45, 7) is 0.0861. The van der Waals surface area contributed by atoms with Crippen LogP contribution in [0.4, 0.5) is 0 Å². The predicted molar refractivity (Wildman–Crippen MR) is 69.9 cm³/mol. The minimum Gasteiger partial charge on any atom is -0.341 e. The van der Waals surface area contributed by atoms with Gasteiger partial charge >= 0.3 is 0 Å². The Morgan fingerprint density at radius 3 is 2.85 bits per heavy atom. The summed E-state index contributed by atoms with van der Waals surface area (Å²) >= 11 is 0. The predicted octanol–water partition coefficient (Wildman–Crippen LogP) is 0.226. The SMILES string of the molecule is O=S(=O)(NCc1ccccn1)c1ncnc2nc[nH]c12. The highest BCUT2D eigenvalue weighted by atomic mass is 32.2. The minimum absolute atomic E-state index is 0.0861. The van der Waals surface area contributed by atoms with E-state index in [0.717, 1.165) is 0 Å². The van der Waals surface area contributed by atoms with Gasteiger partial charge in [0.2, 0.25) is 0 Å². The van der Waals surface area contributed by atoms with Crippen molar-refractivity contribution in [3.63, 3.8) is 0 Å². The largest absolute Gasteiger partial charge is 0.341 e. The average Bonchev–Trinajstić information content (AvgIpc) is 2.94. The Balaban J connectivity index is 1.90. The van der Waals surface area contributed by atoms with Crippen LogP contribution in [-0.4, -0.2) is 33.3 Å². The van der Waals surface area contributed by atoms with Gasteiger partial charge in [-0.2, -0.15) is 0 Å². The van der Waals surface area contributed by atoms with Gasteiger partial charge in [0.25, 0.3) is 10.0 Å². The molecule has 9 heteroatoms. The van der Waals surface area contributed by atoms with Crippen molar-refractivity contribution in [2.24, 2.45) is 0 Å². The fourth-order valence-electron chi connectivity index (χ4n) is 1.69. The molecule has 2 N–H and O–H groups in total. The number of fused-ring (bicyclic) bond motifs is 1. The smallest absolute Gasteiger partial charge is 0.260 e. The molecule has 3 aromatic heterocycles. The quantitative estimate of drug-likeness (QED) is 0.665. The van der Waals surface area contributed by atoms with Gasteiger partial charge < -0.3 is 4.98 Å². The number of hydrogen-bond acceptors (Lipinski definition) is 6. The summed E-state index contributed by atoms with van der Waals surface area (Å²) < 4.78 is 26.9. The highest BCUT2D eigenvalue weighted by molar-refractivity contribution is 7.89. The summed E-state index contributed by atoms with van der Waals surface area (Å²) in [5, 5.41) is -0.129. The summed E-state index contributed by atoms with van der Waals surface area (Å²) in [5.74, 6) is 0. The van der Waals surface area contributed by atoms with Crippen molar-refractivity contribution in [1.29, 1.82) is 0 Å². The molecule has 102 valence electrons. The Morgan fingerprint density at radius 2 is 2.05 bits per heavy atom. The first-order valence-electron chi connectivity index (χ1n) is 5.70. The molecule has 3 rings (SSSR count). The van der Waals surface area contributed by atoms with Crippen LogP contribution < -0.4 is 4.72 Å². The minimum atomic E-state index is -3.77. The van der Waals surface area contributed by atoms with E-state index in [0.29, 0.717) is 11.3 Å². The second kappa shape index (κ2) is 4.94. The van der Waals surface area contributed by atoms with Crippen LogP contribution in [0.5, 0.6) is 0 Å². The van der Waals surface area contributed by atoms with Crippen molar-refractivity contribution in [3.8, 4) is 0 Å². The van der Waals surface area contributed by atoms with Crippen molar-refractivity contribution in [2.45, 2.75) is 11.6 Å². The van der Waals surface area contributed by atoms with Crippen LogP contribution in [0.1, 0.15) is 5.69 Å². The second-order valence-electron chi connectivity index (χ2n) is 3.93. The van der Waals surface area contributed by atoms with Crippen LogP contribution in [0.3, 0.4) is 0 Å². The molecular formula is C11H10N6O2S. The third kappa shape index (κ3) is 2.36. The molecule has 0 fully saturated rings. The molecule has 0 saturated heterocycles. The zero-order valence-corrected chi connectivity index (χ0v) is 11.0. The number of hydrogen-bond donors (Lipinski definition) is 2. The fourth-order valence-corrected chi connectivity index (χ4v) is 2.77. The molecule has 0 radical (unpaired) electrons. The van der Waals surface area contributed by atoms with E-state index < -0.39 is 10.0 Å². The Bertz CT molecular complexity index is 830. The van der Waals surface area contributed by atoms with Crippen LogP contribution in [0.25, 0.3) is 11.2 Å². The van der Waals surface area contributed by atoms with Crippen LogP contribution in [0.2, 0.25) is 0 Å². The van der Waals surface area contributed by atoms with Crippen molar-refractivity contribution >= 4 is 21.2 Å². The molecule has 0 atom stereocenters. The average molecular weight is 290 g/mol. The number of rotatable bonds is 4. The number of imidazole rings is 1. The van der Waals surface area contributed by atoms with Crippen molar-refractivity contribution < 1.29 is 8.42 Å². The van der Waals surface area contributed by atoms with Crippen molar-refractivity contribution in [2.75, 3.05) is 0 Å². The Morgan fingerprint density at radius 1 is 1.15 bits per heavy atom. The number of nitrogens with zero attached hydrogens (tertiary/aromatic N) is 4. The topological polar surface area (TPSA) is 114 Å². The lowest BCUT2D eigenvalue weighted by atomic mass is 10.4. The number of aromatic nitrogens is 5. The van der Waals surface area contributed by atoms with E-state index in [1.165, 1.54) is 12.7 Å². The number of aromatic amines is 1. The molecule has 20 heavy (non-hydrogen) atoms. The molecule has 8 nitrogen and oxygen atoms in total. The Kier molecular flexibility index (Phi) is 3.12. The number of nitrogens with one attached hydrogen (secondary N) is 2. The first kappa shape index (κ1) is 12.6. The number of sulfonamides is 1. The molecule has 0 bridgehead atoms. The van der Waals surface area contributed by atoms with Gasteiger partial charge in [0.1, 0.15) is 11.8 Å². The van der Waals surface area contributed by atoms with Crippen LogP contribution in [0, 0.1) is 0 Å². The lowest BCUT2D eigenvalue weighted by molar-refractivity contribution is 0.577. The van der Waals surface area contributed by atoms with E-state index in [-0.39, 0.29) is 17.1 Å². The summed E-state index contributed by atoms with van der Waals surface area (Å²) in [5.41, 5.74) is 1.20. The van der Waals surface area contributed by atoms with Crippen molar-refractivity contribution in [1.82, 2.24) is 29.6 Å². The van der Waals surface area contributed by atoms with Gasteiger partial charge in [0.15, 0.2) is 10.7 Å². The van der Waals surface area contributed by atoms with Gasteiger partial charge in [-0.1, -0.05) is 6.07 Å². The maximum absolute atomic E-state index is 12.2. The zero-order valence-electron chi connectivity index (χ0n) is 10.2. The lowest BCUT2D eigenvalue weighted by Gasteiger charge is -2.05. The van der Waals surface area contributed by atoms with Gasteiger partial charge in [0.05, 0.1) is 18.6 Å². The highest BCUT2D eigenvalue weighted by Crippen LogP contribution is 2.14. The third-order valence-electron chi connectivity index (χ3n) is 2.61. The molecule has 3 heterocycles. The molecular weight excluding hydrogens is 280 g/mol. The summed E-state index contributed by atoms with van der Waals surface area (Å²) in [4.78, 5) is 18.4. The molecule has 0 aliphatic rings. The first-order chi connectivity index (χ1) is 9.67. The van der Waals surface area contributed by atoms with E-state index >= 15 is 0 Å². The molecule has 0 aromatic carbocycles. The monoisotopic (exact) mass is 290 g/mol. The number of H-pyrrole nitrogens is 1. The second-order valence-corrected chi connectivity index (χ2v) is 5.61. The van der Waals surface area contributed by atoms with E-state index in [1.807, 2.05) is 0 Å². The number of pyridine rings is 1. The van der Waals surface area contributed by atoms with E-state index in [2.05, 4.69) is 29.6 Å². The van der Waals surface area contributed by atoms with E-state index in [1.54, 1.807) is 24.4 Å². The summed E-state index contributed by atoms with van der Waals surface area (Å²) in [6, 6.07) is 5.28. The van der Waals surface area contributed by atoms with Crippen molar-refractivity contribution in [3.05, 3.63) is 42.7 Å². The van der Waals surface area contributed by atoms with E-state index in [9.17, 15) is 8.42 Å². The van der Waals surface area contributed by atoms with E-state index in [4.69, 9.17) is 0 Å². The molecule has 0 saturated carbocycles.